The Bertz CT molecular complexity index is 506. The molecular formula is C13H14F3NO4. The summed E-state index contributed by atoms with van der Waals surface area (Å²) in [7, 11) is 0. The average Bonchev–Trinajstić information content (AvgIpc) is 2.37. The van der Waals surface area contributed by atoms with Crippen LogP contribution in [0, 0.1) is 0 Å². The number of halogens is 3. The van der Waals surface area contributed by atoms with Gasteiger partial charge in [-0.05, 0) is 17.7 Å². The first kappa shape index (κ1) is 15.6. The van der Waals surface area contributed by atoms with Crippen molar-refractivity contribution in [2.45, 2.75) is 18.9 Å². The van der Waals surface area contributed by atoms with E-state index < -0.39 is 18.4 Å². The van der Waals surface area contributed by atoms with Crippen LogP contribution in [0.25, 0.3) is 0 Å². The summed E-state index contributed by atoms with van der Waals surface area (Å²) in [4.78, 5) is 12.8. The molecule has 0 amide bonds. The van der Waals surface area contributed by atoms with Crippen LogP contribution in [0.5, 0.6) is 5.75 Å². The second-order valence-corrected chi connectivity index (χ2v) is 4.59. The van der Waals surface area contributed by atoms with Crippen molar-refractivity contribution in [2.75, 3.05) is 19.8 Å². The van der Waals surface area contributed by atoms with Gasteiger partial charge in [0.25, 0.3) is 0 Å². The van der Waals surface area contributed by atoms with Crippen LogP contribution in [-0.4, -0.2) is 48.1 Å². The zero-order chi connectivity index (χ0) is 15.5. The van der Waals surface area contributed by atoms with E-state index in [-0.39, 0.29) is 18.9 Å². The Labute approximate surface area is 118 Å². The first-order chi connectivity index (χ1) is 9.85. The van der Waals surface area contributed by atoms with Crippen molar-refractivity contribution < 1.29 is 32.5 Å². The largest absolute Gasteiger partial charge is 0.573 e. The lowest BCUT2D eigenvalue weighted by Gasteiger charge is -2.32. The molecule has 1 unspecified atom stereocenters. The van der Waals surface area contributed by atoms with E-state index in [1.165, 1.54) is 18.2 Å². The predicted molar refractivity (Wildman–Crippen MR) is 65.8 cm³/mol. The number of morpholine rings is 1. The second-order valence-electron chi connectivity index (χ2n) is 4.59. The highest BCUT2D eigenvalue weighted by Gasteiger charge is 2.32. The molecule has 0 aromatic heterocycles. The maximum Gasteiger partial charge on any atom is 0.573 e. The van der Waals surface area contributed by atoms with Crippen LogP contribution in [0.4, 0.5) is 13.2 Å². The van der Waals surface area contributed by atoms with Gasteiger partial charge in [0.1, 0.15) is 11.8 Å². The lowest BCUT2D eigenvalue weighted by Crippen LogP contribution is -2.49. The van der Waals surface area contributed by atoms with Gasteiger partial charge in [-0.15, -0.1) is 13.2 Å². The molecule has 116 valence electrons. The quantitative estimate of drug-likeness (QED) is 0.920. The molecule has 1 fully saturated rings. The minimum Gasteiger partial charge on any atom is -0.480 e. The molecule has 1 saturated heterocycles. The lowest BCUT2D eigenvalue weighted by atomic mass is 10.1. The topological polar surface area (TPSA) is 59.0 Å². The normalized spacial score (nSPS) is 20.2. The van der Waals surface area contributed by atoms with E-state index in [1.54, 1.807) is 11.0 Å². The van der Waals surface area contributed by atoms with E-state index in [2.05, 4.69) is 4.74 Å². The van der Waals surface area contributed by atoms with Gasteiger partial charge in [-0.3, -0.25) is 9.69 Å². The summed E-state index contributed by atoms with van der Waals surface area (Å²) >= 11 is 0. The number of nitrogens with zero attached hydrogens (tertiary/aromatic N) is 1. The first-order valence-corrected chi connectivity index (χ1v) is 6.24. The van der Waals surface area contributed by atoms with Gasteiger partial charge in [0.15, 0.2) is 0 Å². The zero-order valence-electron chi connectivity index (χ0n) is 11.0. The van der Waals surface area contributed by atoms with Crippen LogP contribution < -0.4 is 4.74 Å². The minimum atomic E-state index is -4.75. The molecule has 0 spiro atoms. The number of carboxylic acids is 1. The Morgan fingerprint density at radius 1 is 1.48 bits per heavy atom. The summed E-state index contributed by atoms with van der Waals surface area (Å²) in [6.07, 6.45) is -4.75. The van der Waals surface area contributed by atoms with Gasteiger partial charge in [0.2, 0.25) is 0 Å². The van der Waals surface area contributed by atoms with Gasteiger partial charge in [0, 0.05) is 13.1 Å². The van der Waals surface area contributed by atoms with Crippen molar-refractivity contribution in [2.24, 2.45) is 0 Å². The third-order valence-corrected chi connectivity index (χ3v) is 3.04. The number of ether oxygens (including phenoxy) is 2. The molecule has 1 heterocycles. The van der Waals surface area contributed by atoms with Gasteiger partial charge in [0.05, 0.1) is 13.2 Å². The Kier molecular flexibility index (Phi) is 4.69. The third-order valence-electron chi connectivity index (χ3n) is 3.04. The van der Waals surface area contributed by atoms with Crippen LogP contribution >= 0.6 is 0 Å². The molecule has 1 N–H and O–H groups in total. The van der Waals surface area contributed by atoms with E-state index in [9.17, 15) is 18.0 Å². The van der Waals surface area contributed by atoms with Crippen molar-refractivity contribution >= 4 is 5.97 Å². The summed E-state index contributed by atoms with van der Waals surface area (Å²) in [5.74, 6) is -1.34. The molecule has 0 saturated carbocycles. The van der Waals surface area contributed by atoms with E-state index in [0.717, 1.165) is 0 Å². The molecule has 2 rings (SSSR count). The molecule has 8 heteroatoms. The molecule has 21 heavy (non-hydrogen) atoms. The lowest BCUT2D eigenvalue weighted by molar-refractivity contribution is -0.274. The van der Waals surface area contributed by atoms with Crippen molar-refractivity contribution in [1.82, 2.24) is 4.90 Å². The van der Waals surface area contributed by atoms with E-state index >= 15 is 0 Å². The number of hydrogen-bond donors (Lipinski definition) is 1. The SMILES string of the molecule is O=C(O)C1COCCN1Cc1cccc(OC(F)(F)F)c1. The summed E-state index contributed by atoms with van der Waals surface area (Å²) < 4.78 is 45.5. The smallest absolute Gasteiger partial charge is 0.480 e. The monoisotopic (exact) mass is 305 g/mol. The number of hydrogen-bond acceptors (Lipinski definition) is 4. The summed E-state index contributed by atoms with van der Waals surface area (Å²) in [6.45, 7) is 1.08. The third kappa shape index (κ3) is 4.61. The fraction of sp³-hybridized carbons (Fsp3) is 0.462. The van der Waals surface area contributed by atoms with Crippen molar-refractivity contribution in [3.63, 3.8) is 0 Å². The summed E-state index contributed by atoms with van der Waals surface area (Å²) in [6, 6.07) is 4.71. The molecule has 0 aliphatic carbocycles. The van der Waals surface area contributed by atoms with Crippen LogP contribution in [0.3, 0.4) is 0 Å². The van der Waals surface area contributed by atoms with Crippen LogP contribution in [-0.2, 0) is 16.1 Å². The minimum absolute atomic E-state index is 0.0636. The first-order valence-electron chi connectivity index (χ1n) is 6.24. The summed E-state index contributed by atoms with van der Waals surface area (Å²) in [5, 5.41) is 9.10. The molecule has 0 bridgehead atoms. The molecule has 1 aliphatic rings. The number of carboxylic acid groups (broad SMARTS) is 1. The molecule has 1 aromatic carbocycles. The highest BCUT2D eigenvalue weighted by Crippen LogP contribution is 2.24. The van der Waals surface area contributed by atoms with Gasteiger partial charge in [-0.2, -0.15) is 0 Å². The molecule has 1 aromatic rings. The second kappa shape index (κ2) is 6.31. The van der Waals surface area contributed by atoms with Crippen molar-refractivity contribution in [3.05, 3.63) is 29.8 Å². The predicted octanol–water partition coefficient (Wildman–Crippen LogP) is 1.87. The number of carbonyl (C=O) groups is 1. The fourth-order valence-electron chi connectivity index (χ4n) is 2.13. The number of aliphatic carboxylic acids is 1. The van der Waals surface area contributed by atoms with Gasteiger partial charge < -0.3 is 14.6 Å². The maximum atomic E-state index is 12.2. The van der Waals surface area contributed by atoms with Gasteiger partial charge in [-0.1, -0.05) is 12.1 Å². The molecular weight excluding hydrogens is 291 g/mol. The van der Waals surface area contributed by atoms with E-state index in [1.807, 2.05) is 0 Å². The van der Waals surface area contributed by atoms with Gasteiger partial charge >= 0.3 is 12.3 Å². The molecule has 1 atom stereocenters. The highest BCUT2D eigenvalue weighted by molar-refractivity contribution is 5.73. The van der Waals surface area contributed by atoms with Crippen LogP contribution in [0.15, 0.2) is 24.3 Å². The van der Waals surface area contributed by atoms with Crippen molar-refractivity contribution in [1.29, 1.82) is 0 Å². The molecule has 5 nitrogen and oxygen atoms in total. The Balaban J connectivity index is 2.08. The Hall–Kier alpha value is -1.80. The van der Waals surface area contributed by atoms with E-state index in [4.69, 9.17) is 9.84 Å². The standard InChI is InChI=1S/C13H14F3NO4/c14-13(15,16)21-10-3-1-2-9(6-10)7-17-4-5-20-8-11(17)12(18)19/h1-3,6,11H,4-5,7-8H2,(H,18,19). The van der Waals surface area contributed by atoms with Gasteiger partial charge in [-0.25, -0.2) is 0 Å². The van der Waals surface area contributed by atoms with Crippen LogP contribution in [0.2, 0.25) is 0 Å². The van der Waals surface area contributed by atoms with E-state index in [0.29, 0.717) is 18.7 Å². The number of alkyl halides is 3. The Morgan fingerprint density at radius 3 is 2.90 bits per heavy atom. The fourth-order valence-corrected chi connectivity index (χ4v) is 2.13. The zero-order valence-corrected chi connectivity index (χ0v) is 11.0. The Morgan fingerprint density at radius 2 is 2.24 bits per heavy atom. The number of benzene rings is 1. The summed E-state index contributed by atoms with van der Waals surface area (Å²) in [5.41, 5.74) is 0.546. The maximum absolute atomic E-state index is 12.2. The van der Waals surface area contributed by atoms with Crippen molar-refractivity contribution in [3.8, 4) is 5.75 Å². The molecule has 1 aliphatic heterocycles. The van der Waals surface area contributed by atoms with Crippen LogP contribution in [0.1, 0.15) is 5.56 Å². The highest BCUT2D eigenvalue weighted by atomic mass is 19.4. The molecule has 0 radical (unpaired) electrons. The number of rotatable bonds is 4. The average molecular weight is 305 g/mol.